The Bertz CT molecular complexity index is 141. The molecule has 0 rings (SSSR count). The van der Waals surface area contributed by atoms with Crippen molar-refractivity contribution in [3.05, 3.63) is 0 Å². The number of nitrogens with zero attached hydrogens (tertiary/aromatic N) is 1. The lowest BCUT2D eigenvalue weighted by molar-refractivity contribution is -0.154. The van der Waals surface area contributed by atoms with Crippen LogP contribution in [0.3, 0.4) is 0 Å². The van der Waals surface area contributed by atoms with Crippen LogP contribution in [0.5, 0.6) is 0 Å². The largest absolute Gasteiger partial charge is 0.367 e. The second-order valence-corrected chi connectivity index (χ2v) is 2.43. The molecule has 0 saturated heterocycles. The standard InChI is InChI=1S/C6H14N2O2.ClH/c1-4-6(10,5(7)9)8(2)3;/h10H,4H2,1-3H3,(H2,7,9);1H. The fourth-order valence-corrected chi connectivity index (χ4v) is 0.711. The number of halogens is 1. The van der Waals surface area contributed by atoms with E-state index in [1.165, 1.54) is 4.90 Å². The first-order valence-electron chi connectivity index (χ1n) is 3.15. The van der Waals surface area contributed by atoms with Crippen molar-refractivity contribution in [1.29, 1.82) is 0 Å². The second-order valence-electron chi connectivity index (χ2n) is 2.43. The smallest absolute Gasteiger partial charge is 0.264 e. The third-order valence-corrected chi connectivity index (χ3v) is 1.63. The number of carbonyl (C=O) groups excluding carboxylic acids is 1. The predicted octanol–water partition coefficient (Wildman–Crippen LogP) is -0.446. The Morgan fingerprint density at radius 3 is 2.00 bits per heavy atom. The van der Waals surface area contributed by atoms with Gasteiger partial charge in [-0.05, 0) is 20.5 Å². The van der Waals surface area contributed by atoms with Crippen molar-refractivity contribution in [3.63, 3.8) is 0 Å². The van der Waals surface area contributed by atoms with Crippen molar-refractivity contribution in [3.8, 4) is 0 Å². The summed E-state index contributed by atoms with van der Waals surface area (Å²) in [5.74, 6) is -0.708. The molecule has 4 nitrogen and oxygen atoms in total. The van der Waals surface area contributed by atoms with Gasteiger partial charge in [-0.3, -0.25) is 9.69 Å². The van der Waals surface area contributed by atoms with Gasteiger partial charge in [0.2, 0.25) is 0 Å². The number of rotatable bonds is 3. The maximum absolute atomic E-state index is 10.6. The minimum Gasteiger partial charge on any atom is -0.367 e. The number of hydrogen-bond donors (Lipinski definition) is 2. The molecule has 1 amide bonds. The zero-order valence-electron chi connectivity index (χ0n) is 7.00. The molecule has 0 fully saturated rings. The van der Waals surface area contributed by atoms with Gasteiger partial charge in [0, 0.05) is 0 Å². The number of amides is 1. The van der Waals surface area contributed by atoms with Crippen LogP contribution in [0.15, 0.2) is 0 Å². The number of hydrogen-bond acceptors (Lipinski definition) is 3. The highest BCUT2D eigenvalue weighted by Gasteiger charge is 2.33. The van der Waals surface area contributed by atoms with Crippen molar-refractivity contribution in [1.82, 2.24) is 4.90 Å². The maximum Gasteiger partial charge on any atom is 0.264 e. The highest BCUT2D eigenvalue weighted by atomic mass is 35.5. The molecular weight excluding hydrogens is 168 g/mol. The topological polar surface area (TPSA) is 66.6 Å². The molecular formula is C6H15ClN2O2. The third-order valence-electron chi connectivity index (χ3n) is 1.63. The van der Waals surface area contributed by atoms with E-state index in [-0.39, 0.29) is 12.4 Å². The van der Waals surface area contributed by atoms with Crippen molar-refractivity contribution in [2.45, 2.75) is 19.1 Å². The van der Waals surface area contributed by atoms with Gasteiger partial charge in [0.25, 0.3) is 5.91 Å². The van der Waals surface area contributed by atoms with E-state index in [0.717, 1.165) is 0 Å². The number of nitrogens with two attached hydrogens (primary N) is 1. The number of carbonyl (C=O) groups is 1. The van der Waals surface area contributed by atoms with E-state index in [1.54, 1.807) is 21.0 Å². The molecule has 0 bridgehead atoms. The van der Waals surface area contributed by atoms with E-state index >= 15 is 0 Å². The van der Waals surface area contributed by atoms with Gasteiger partial charge in [-0.2, -0.15) is 0 Å². The van der Waals surface area contributed by atoms with Crippen LogP contribution in [0.25, 0.3) is 0 Å². The maximum atomic E-state index is 10.6. The monoisotopic (exact) mass is 182 g/mol. The summed E-state index contributed by atoms with van der Waals surface area (Å²) in [5, 5.41) is 9.43. The first-order chi connectivity index (χ1) is 4.45. The minimum absolute atomic E-state index is 0. The Hall–Kier alpha value is -0.320. The van der Waals surface area contributed by atoms with Gasteiger partial charge in [-0.15, -0.1) is 12.4 Å². The fraction of sp³-hybridized carbons (Fsp3) is 0.833. The van der Waals surface area contributed by atoms with E-state index in [9.17, 15) is 9.90 Å². The fourth-order valence-electron chi connectivity index (χ4n) is 0.711. The van der Waals surface area contributed by atoms with Crippen LogP contribution in [0, 0.1) is 0 Å². The summed E-state index contributed by atoms with van der Waals surface area (Å²) >= 11 is 0. The SMILES string of the molecule is CCC(O)(C(N)=O)N(C)C.Cl. The predicted molar refractivity (Wildman–Crippen MR) is 45.4 cm³/mol. The van der Waals surface area contributed by atoms with E-state index in [1.807, 2.05) is 0 Å². The molecule has 0 saturated carbocycles. The van der Waals surface area contributed by atoms with Crippen LogP contribution < -0.4 is 5.73 Å². The Labute approximate surface area is 72.8 Å². The first-order valence-corrected chi connectivity index (χ1v) is 3.15. The average molecular weight is 183 g/mol. The van der Waals surface area contributed by atoms with Crippen molar-refractivity contribution in [2.75, 3.05) is 14.1 Å². The second kappa shape index (κ2) is 4.54. The van der Waals surface area contributed by atoms with Gasteiger partial charge in [-0.1, -0.05) is 6.92 Å². The van der Waals surface area contributed by atoms with Crippen LogP contribution >= 0.6 is 12.4 Å². The summed E-state index contributed by atoms with van der Waals surface area (Å²) in [6.45, 7) is 1.70. The Kier molecular flexibility index (Phi) is 5.48. The summed E-state index contributed by atoms with van der Waals surface area (Å²) in [6, 6.07) is 0. The molecule has 11 heavy (non-hydrogen) atoms. The van der Waals surface area contributed by atoms with Crippen LogP contribution in [-0.4, -0.2) is 35.7 Å². The molecule has 1 atom stereocenters. The summed E-state index contributed by atoms with van der Waals surface area (Å²) < 4.78 is 0. The van der Waals surface area contributed by atoms with Crippen LogP contribution in [0.1, 0.15) is 13.3 Å². The molecule has 68 valence electrons. The summed E-state index contributed by atoms with van der Waals surface area (Å²) in [6.07, 6.45) is 0.301. The quantitative estimate of drug-likeness (QED) is 0.582. The highest BCUT2D eigenvalue weighted by molar-refractivity contribution is 5.85. The zero-order valence-corrected chi connectivity index (χ0v) is 7.81. The van der Waals surface area contributed by atoms with Crippen LogP contribution in [0.2, 0.25) is 0 Å². The van der Waals surface area contributed by atoms with Crippen LogP contribution in [-0.2, 0) is 4.79 Å². The highest BCUT2D eigenvalue weighted by Crippen LogP contribution is 2.10. The van der Waals surface area contributed by atoms with E-state index < -0.39 is 11.6 Å². The molecule has 0 aliphatic carbocycles. The molecule has 0 aliphatic heterocycles. The lowest BCUT2D eigenvalue weighted by Gasteiger charge is -2.29. The lowest BCUT2D eigenvalue weighted by Crippen LogP contribution is -2.54. The van der Waals surface area contributed by atoms with Gasteiger partial charge < -0.3 is 10.8 Å². The van der Waals surface area contributed by atoms with E-state index in [4.69, 9.17) is 5.73 Å². The summed E-state index contributed by atoms with van der Waals surface area (Å²) in [4.78, 5) is 12.0. The van der Waals surface area contributed by atoms with E-state index in [0.29, 0.717) is 6.42 Å². The van der Waals surface area contributed by atoms with Crippen molar-refractivity contribution in [2.24, 2.45) is 5.73 Å². The number of aliphatic hydroxyl groups is 1. The molecule has 0 radical (unpaired) electrons. The average Bonchev–Trinajstić information content (AvgIpc) is 1.85. The molecule has 0 spiro atoms. The van der Waals surface area contributed by atoms with Crippen LogP contribution in [0.4, 0.5) is 0 Å². The summed E-state index contributed by atoms with van der Waals surface area (Å²) in [7, 11) is 3.21. The molecule has 3 N–H and O–H groups in total. The molecule has 0 heterocycles. The lowest BCUT2D eigenvalue weighted by atomic mass is 10.1. The number of likely N-dealkylation sites (N-methyl/N-ethyl adjacent to an activating group) is 1. The molecule has 1 unspecified atom stereocenters. The Balaban J connectivity index is 0. The molecule has 5 heteroatoms. The van der Waals surface area contributed by atoms with E-state index in [2.05, 4.69) is 0 Å². The van der Waals surface area contributed by atoms with Crippen molar-refractivity contribution < 1.29 is 9.90 Å². The van der Waals surface area contributed by atoms with Gasteiger partial charge in [0.1, 0.15) is 0 Å². The normalized spacial score (nSPS) is 15.4. The van der Waals surface area contributed by atoms with Gasteiger partial charge in [0.05, 0.1) is 0 Å². The molecule has 0 aromatic carbocycles. The molecule has 0 aliphatic rings. The molecule has 0 aromatic heterocycles. The first kappa shape index (κ1) is 13.3. The minimum atomic E-state index is -1.49. The van der Waals surface area contributed by atoms with Gasteiger partial charge in [0.15, 0.2) is 5.72 Å². The Morgan fingerprint density at radius 2 is 2.00 bits per heavy atom. The van der Waals surface area contributed by atoms with Gasteiger partial charge in [-0.25, -0.2) is 0 Å². The van der Waals surface area contributed by atoms with Gasteiger partial charge >= 0.3 is 0 Å². The molecule has 0 aromatic rings. The zero-order chi connectivity index (χ0) is 8.36. The number of primary amides is 1. The van der Waals surface area contributed by atoms with Crippen molar-refractivity contribution >= 4 is 18.3 Å². The third kappa shape index (κ3) is 2.65. The summed E-state index contributed by atoms with van der Waals surface area (Å²) in [5.41, 5.74) is 3.47. The Morgan fingerprint density at radius 1 is 1.64 bits per heavy atom.